The molecule has 11 heteroatoms. The van der Waals surface area contributed by atoms with Crippen molar-refractivity contribution in [3.63, 3.8) is 0 Å². The highest BCUT2D eigenvalue weighted by molar-refractivity contribution is 6.09. The molecule has 0 fully saturated rings. The quantitative estimate of drug-likeness (QED) is 0.0378. The molecular formula is C130H127F3N8. The van der Waals surface area contributed by atoms with Crippen molar-refractivity contribution in [1.82, 2.24) is 19.9 Å². The molecule has 0 radical (unpaired) electrons. The van der Waals surface area contributed by atoms with Crippen LogP contribution in [0.15, 0.2) is 394 Å². The first-order valence-corrected chi connectivity index (χ1v) is 49.7. The SMILES string of the molecule is CC(C)c1cccc(C(C)C)c1NC(c1ccccc1)c1cccc(-c2c(F)cccc2F)n1.CCc1cccc(CC)c1NC(c1cccc(-c2ccc(F)cc2)n1)c1cc2ccccc2c2ccccc12.Cc1cc(C)cc(-c2cccc(C(Nc3c(C(C)C)cccc3C(C)C)c3ccccc3)n2)c1.Cc1cccc(C(C)C)c1NC(c1ccccc1)c1cccc(-c2cccc3ccccc23)n1. The van der Waals surface area contributed by atoms with Gasteiger partial charge < -0.3 is 21.3 Å². The zero-order valence-corrected chi connectivity index (χ0v) is 83.6. The van der Waals surface area contributed by atoms with Crippen LogP contribution in [0, 0.1) is 38.2 Å². The number of halogens is 3. The van der Waals surface area contributed by atoms with Gasteiger partial charge in [-0.05, 0) is 265 Å². The Morgan fingerprint density at radius 2 is 0.596 bits per heavy atom. The molecular weight excluding hydrogens is 1730 g/mol. The fourth-order valence-electron chi connectivity index (χ4n) is 19.4. The number of hydrogen-bond acceptors (Lipinski definition) is 8. The molecule has 19 rings (SSSR count). The number of nitrogens with zero attached hydrogens (tertiary/aromatic N) is 4. The van der Waals surface area contributed by atoms with E-state index in [1.54, 1.807) is 24.3 Å². The van der Waals surface area contributed by atoms with Gasteiger partial charge in [-0.15, -0.1) is 0 Å². The van der Waals surface area contributed by atoms with Crippen molar-refractivity contribution in [2.24, 2.45) is 0 Å². The van der Waals surface area contributed by atoms with E-state index >= 15 is 0 Å². The maximum Gasteiger partial charge on any atom is 0.135 e. The standard InChI is InChI=1S/C36H31FN2.C32H30N2.C32H36N2.C30H30F2N2/c1-3-24-12-9-13-25(4-2)35(24)39-36(34-18-10-17-33(38-34)26-19-21-28(37)22-20-26)32-23-27-11-5-6-14-29(27)30-15-7-8-16-31(30)32;1-22(2)26-18-9-12-23(3)31(26)34-32(25-14-5-4-6-15-25)30-21-11-20-29(33-30)28-19-10-16-24-13-7-8-17-27(24)28;1-21(2)27-14-10-15-28(22(3)4)32(27)34-31(25-12-8-7-9-13-25)30-17-11-16-29(33-30)26-19-23(5)18-24(6)20-26;1-19(2)22-13-8-14-23(20(3)4)30(22)34-29(21-11-6-5-7-12-21)27-18-10-17-26(33-27)28-24(31)15-9-16-25(28)32/h5-23,36,39H,3-4H2,1-2H3;4-22,32,34H,1-3H3;7-22,31,34H,1-6H3;5-20,29,34H,1-4H3. The lowest BCUT2D eigenvalue weighted by Crippen LogP contribution is -2.17. The lowest BCUT2D eigenvalue weighted by Gasteiger charge is -2.27. The summed E-state index contributed by atoms with van der Waals surface area (Å²) < 4.78 is 42.7. The van der Waals surface area contributed by atoms with Gasteiger partial charge in [-0.3, -0.25) is 19.9 Å². The molecule has 0 aliphatic heterocycles. The van der Waals surface area contributed by atoms with Gasteiger partial charge >= 0.3 is 0 Å². The molecule has 0 amide bonds. The van der Waals surface area contributed by atoms with Gasteiger partial charge in [0.05, 0.1) is 75.3 Å². The number of pyridine rings is 4. The molecule has 0 bridgehead atoms. The van der Waals surface area contributed by atoms with E-state index in [-0.39, 0.29) is 41.2 Å². The van der Waals surface area contributed by atoms with Gasteiger partial charge in [-0.1, -0.05) is 385 Å². The molecule has 4 unspecified atom stereocenters. The molecule has 4 atom stereocenters. The Morgan fingerprint density at radius 1 is 0.248 bits per heavy atom. The van der Waals surface area contributed by atoms with Gasteiger partial charge in [0.15, 0.2) is 0 Å². The number of rotatable bonds is 27. The first kappa shape index (κ1) is 98.7. The summed E-state index contributed by atoms with van der Waals surface area (Å²) in [6, 6.07) is 133. The second kappa shape index (κ2) is 46.0. The second-order valence-corrected chi connectivity index (χ2v) is 38.2. The van der Waals surface area contributed by atoms with Crippen molar-refractivity contribution in [2.45, 2.75) is 170 Å². The largest absolute Gasteiger partial charge is 0.372 e. The summed E-state index contributed by atoms with van der Waals surface area (Å²) in [6.07, 6.45) is 1.87. The van der Waals surface area contributed by atoms with Crippen LogP contribution in [0.3, 0.4) is 0 Å². The summed E-state index contributed by atoms with van der Waals surface area (Å²) in [5, 5.41) is 22.9. The molecule has 4 N–H and O–H groups in total. The van der Waals surface area contributed by atoms with E-state index in [0.717, 1.165) is 74.9 Å². The number of aryl methyl sites for hydroxylation is 5. The molecule has 15 aromatic carbocycles. The third kappa shape index (κ3) is 23.3. The van der Waals surface area contributed by atoms with Crippen molar-refractivity contribution in [1.29, 1.82) is 0 Å². The average Bonchev–Trinajstić information content (AvgIpc) is 0.751. The number of para-hydroxylation sites is 4. The van der Waals surface area contributed by atoms with Gasteiger partial charge in [0.2, 0.25) is 0 Å². The van der Waals surface area contributed by atoms with Gasteiger partial charge in [0.25, 0.3) is 0 Å². The molecule has 0 saturated carbocycles. The van der Waals surface area contributed by atoms with Crippen LogP contribution in [0.5, 0.6) is 0 Å². The summed E-state index contributed by atoms with van der Waals surface area (Å²) in [4.78, 5) is 20.3. The van der Waals surface area contributed by atoms with Gasteiger partial charge in [0, 0.05) is 39.4 Å². The summed E-state index contributed by atoms with van der Waals surface area (Å²) >= 11 is 0. The molecule has 4 heterocycles. The summed E-state index contributed by atoms with van der Waals surface area (Å²) in [5.74, 6) is 0.421. The Kier molecular flexibility index (Phi) is 32.2. The van der Waals surface area contributed by atoms with E-state index < -0.39 is 11.6 Å². The lowest BCUT2D eigenvalue weighted by atomic mass is 9.91. The number of nitrogens with one attached hydrogen (secondary N) is 4. The van der Waals surface area contributed by atoms with Gasteiger partial charge in [0.1, 0.15) is 17.5 Å². The highest BCUT2D eigenvalue weighted by Crippen LogP contribution is 2.44. The molecule has 0 saturated heterocycles. The molecule has 0 aliphatic carbocycles. The maximum absolute atomic E-state index is 14.5. The second-order valence-electron chi connectivity index (χ2n) is 38.2. The van der Waals surface area contributed by atoms with Crippen LogP contribution < -0.4 is 21.3 Å². The van der Waals surface area contributed by atoms with Crippen LogP contribution in [0.25, 0.3) is 77.3 Å². The third-order valence-electron chi connectivity index (χ3n) is 26.5. The zero-order chi connectivity index (χ0) is 98.7. The van der Waals surface area contributed by atoms with E-state index in [1.807, 2.05) is 48.5 Å². The summed E-state index contributed by atoms with van der Waals surface area (Å²) in [6.45, 7) is 33.2. The van der Waals surface area contributed by atoms with Crippen LogP contribution >= 0.6 is 0 Å². The van der Waals surface area contributed by atoms with Crippen molar-refractivity contribution >= 4 is 55.1 Å². The number of hydrogen-bond donors (Lipinski definition) is 4. The minimum Gasteiger partial charge on any atom is -0.372 e. The summed E-state index contributed by atoms with van der Waals surface area (Å²) in [5.41, 5.74) is 32.0. The number of fused-ring (bicyclic) bond motifs is 4. The van der Waals surface area contributed by atoms with E-state index in [0.29, 0.717) is 35.3 Å². The van der Waals surface area contributed by atoms with E-state index in [9.17, 15) is 13.2 Å². The highest BCUT2D eigenvalue weighted by Gasteiger charge is 2.29. The fraction of sp³-hybridized carbons (Fsp3) is 0.200. The zero-order valence-electron chi connectivity index (χ0n) is 83.6. The van der Waals surface area contributed by atoms with Crippen molar-refractivity contribution < 1.29 is 13.2 Å². The summed E-state index contributed by atoms with van der Waals surface area (Å²) in [7, 11) is 0. The predicted octanol–water partition coefficient (Wildman–Crippen LogP) is 35.3. The molecule has 0 aliphatic rings. The van der Waals surface area contributed by atoms with E-state index in [4.69, 9.17) is 19.9 Å². The normalized spacial score (nSPS) is 12.2. The van der Waals surface area contributed by atoms with Crippen molar-refractivity contribution in [2.75, 3.05) is 21.3 Å². The molecule has 8 nitrogen and oxygen atoms in total. The Hall–Kier alpha value is -15.3. The fourth-order valence-corrected chi connectivity index (χ4v) is 19.4. The first-order chi connectivity index (χ1) is 68.5. The minimum absolute atomic E-state index is 0.0514. The predicted molar refractivity (Wildman–Crippen MR) is 588 cm³/mol. The highest BCUT2D eigenvalue weighted by atomic mass is 19.1. The molecule has 0 spiro atoms. The van der Waals surface area contributed by atoms with Gasteiger partial charge in [-0.25, -0.2) is 13.2 Å². The van der Waals surface area contributed by atoms with Crippen LogP contribution in [0.1, 0.15) is 238 Å². The molecule has 19 aromatic rings. The monoisotopic (exact) mass is 1860 g/mol. The topological polar surface area (TPSA) is 99.7 Å². The van der Waals surface area contributed by atoms with Crippen LogP contribution in [0.4, 0.5) is 35.9 Å². The maximum atomic E-state index is 14.5. The smallest absolute Gasteiger partial charge is 0.135 e. The molecule has 141 heavy (non-hydrogen) atoms. The third-order valence-corrected chi connectivity index (χ3v) is 26.5. The Morgan fingerprint density at radius 3 is 1.08 bits per heavy atom. The van der Waals surface area contributed by atoms with Crippen LogP contribution in [-0.4, -0.2) is 19.9 Å². The first-order valence-electron chi connectivity index (χ1n) is 49.7. The van der Waals surface area contributed by atoms with Crippen LogP contribution in [-0.2, 0) is 12.8 Å². The minimum atomic E-state index is -0.624. The molecule has 708 valence electrons. The van der Waals surface area contributed by atoms with Crippen molar-refractivity contribution in [3.8, 4) is 45.0 Å². The van der Waals surface area contributed by atoms with Crippen molar-refractivity contribution in [3.05, 3.63) is 512 Å². The Balaban J connectivity index is 0.000000136. The number of benzene rings is 15. The number of aromatic nitrogens is 4. The van der Waals surface area contributed by atoms with Gasteiger partial charge in [-0.2, -0.15) is 0 Å². The Bertz CT molecular complexity index is 7360. The van der Waals surface area contributed by atoms with Crippen LogP contribution in [0.2, 0.25) is 0 Å². The number of anilines is 4. The lowest BCUT2D eigenvalue weighted by molar-refractivity contribution is 0.588. The average molecular weight is 1860 g/mol. The van der Waals surface area contributed by atoms with E-state index in [2.05, 4.69) is 416 Å². The Labute approximate surface area is 831 Å². The van der Waals surface area contributed by atoms with E-state index in [1.165, 1.54) is 152 Å². The molecule has 4 aromatic heterocycles.